The van der Waals surface area contributed by atoms with Gasteiger partial charge in [-0.3, -0.25) is 4.79 Å². The van der Waals surface area contributed by atoms with E-state index in [1.54, 1.807) is 24.3 Å². The Morgan fingerprint density at radius 2 is 1.43 bits per heavy atom. The van der Waals surface area contributed by atoms with Gasteiger partial charge in [-0.15, -0.1) is 0 Å². The van der Waals surface area contributed by atoms with Crippen molar-refractivity contribution in [1.29, 1.82) is 0 Å². The smallest absolute Gasteiger partial charge is 0.251 e. The van der Waals surface area contributed by atoms with Gasteiger partial charge in [0, 0.05) is 11.8 Å². The highest BCUT2D eigenvalue weighted by molar-refractivity contribution is 7.90. The molecule has 5 heteroatoms. The summed E-state index contributed by atoms with van der Waals surface area (Å²) in [6.07, 6.45) is 1.88. The molecule has 144 valence electrons. The van der Waals surface area contributed by atoms with Gasteiger partial charge < -0.3 is 5.32 Å². The summed E-state index contributed by atoms with van der Waals surface area (Å²) in [4.78, 5) is 12.9. The molecule has 0 radical (unpaired) electrons. The van der Waals surface area contributed by atoms with Crippen LogP contribution in [0.1, 0.15) is 35.3 Å². The number of rotatable bonds is 6. The molecule has 1 unspecified atom stereocenters. The second-order valence-electron chi connectivity index (χ2n) is 6.72. The molecule has 0 aliphatic carbocycles. The van der Waals surface area contributed by atoms with Crippen molar-refractivity contribution in [2.45, 2.75) is 24.3 Å². The maximum Gasteiger partial charge on any atom is 0.251 e. The van der Waals surface area contributed by atoms with E-state index in [1.807, 2.05) is 61.5 Å². The fraction of sp³-hybridized carbons (Fsp3) is 0.174. The van der Waals surface area contributed by atoms with E-state index >= 15 is 0 Å². The molecule has 0 aliphatic rings. The van der Waals surface area contributed by atoms with E-state index in [9.17, 15) is 13.2 Å². The Kier molecular flexibility index (Phi) is 5.95. The second-order valence-corrected chi connectivity index (χ2v) is 8.73. The quantitative estimate of drug-likeness (QED) is 0.664. The molecule has 28 heavy (non-hydrogen) atoms. The topological polar surface area (TPSA) is 63.2 Å². The van der Waals surface area contributed by atoms with E-state index in [-0.39, 0.29) is 16.8 Å². The number of hydrogen-bond donors (Lipinski definition) is 1. The molecule has 3 aromatic rings. The van der Waals surface area contributed by atoms with E-state index < -0.39 is 9.84 Å². The van der Waals surface area contributed by atoms with Gasteiger partial charge in [-0.2, -0.15) is 0 Å². The van der Waals surface area contributed by atoms with E-state index in [0.29, 0.717) is 12.0 Å². The Hall–Kier alpha value is -2.92. The molecular weight excluding hydrogens is 370 g/mol. The lowest BCUT2D eigenvalue weighted by molar-refractivity contribution is 0.0935. The summed E-state index contributed by atoms with van der Waals surface area (Å²) in [5, 5.41) is 3.03. The van der Waals surface area contributed by atoms with Crippen LogP contribution >= 0.6 is 0 Å². The zero-order valence-electron chi connectivity index (χ0n) is 15.9. The first-order valence-electron chi connectivity index (χ1n) is 9.15. The third kappa shape index (κ3) is 4.67. The number of amides is 1. The zero-order chi connectivity index (χ0) is 20.1. The summed E-state index contributed by atoms with van der Waals surface area (Å²) < 4.78 is 23.2. The van der Waals surface area contributed by atoms with Gasteiger partial charge in [-0.25, -0.2) is 8.42 Å². The highest BCUT2D eigenvalue weighted by Crippen LogP contribution is 2.22. The Bertz CT molecular complexity index is 1040. The normalized spacial score (nSPS) is 12.4. The van der Waals surface area contributed by atoms with Gasteiger partial charge in [0.2, 0.25) is 0 Å². The fourth-order valence-electron chi connectivity index (χ4n) is 3.05. The highest BCUT2D eigenvalue weighted by atomic mass is 32.2. The molecule has 1 N–H and O–H groups in total. The van der Waals surface area contributed by atoms with Crippen LogP contribution in [0.4, 0.5) is 0 Å². The maximum absolute atomic E-state index is 12.7. The molecule has 3 rings (SSSR count). The molecule has 3 aromatic carbocycles. The van der Waals surface area contributed by atoms with Crippen LogP contribution in [-0.4, -0.2) is 20.6 Å². The lowest BCUT2D eigenvalue weighted by Crippen LogP contribution is -2.28. The van der Waals surface area contributed by atoms with Crippen molar-refractivity contribution in [3.8, 4) is 11.1 Å². The molecular formula is C23H23NO3S. The summed E-state index contributed by atoms with van der Waals surface area (Å²) in [5.41, 5.74) is 3.63. The van der Waals surface area contributed by atoms with Crippen LogP contribution in [0, 0.1) is 0 Å². The second kappa shape index (κ2) is 8.40. The lowest BCUT2D eigenvalue weighted by atomic mass is 10.0. The SMILES string of the molecule is CCC(NC(=O)c1ccc(-c2ccccc2)cc1)c1ccc(S(C)(=O)=O)cc1. The van der Waals surface area contributed by atoms with Crippen LogP contribution in [0.15, 0.2) is 83.8 Å². The molecule has 0 saturated carbocycles. The third-order valence-corrected chi connectivity index (χ3v) is 5.81. The minimum Gasteiger partial charge on any atom is -0.345 e. The first-order chi connectivity index (χ1) is 13.4. The summed E-state index contributed by atoms with van der Waals surface area (Å²) in [5.74, 6) is -0.154. The molecule has 0 heterocycles. The molecule has 0 saturated heterocycles. The molecule has 1 amide bonds. The molecule has 0 aliphatic heterocycles. The van der Waals surface area contributed by atoms with Crippen LogP contribution in [0.5, 0.6) is 0 Å². The Morgan fingerprint density at radius 1 is 0.857 bits per heavy atom. The van der Waals surface area contributed by atoms with Gasteiger partial charge in [0.05, 0.1) is 10.9 Å². The number of carbonyl (C=O) groups is 1. The average molecular weight is 394 g/mol. The number of sulfone groups is 1. The number of carbonyl (C=O) groups excluding carboxylic acids is 1. The van der Waals surface area contributed by atoms with Crippen LogP contribution < -0.4 is 5.32 Å². The standard InChI is InChI=1S/C23H23NO3S/c1-3-22(19-13-15-21(16-14-19)28(2,26)27)24-23(25)20-11-9-18(10-12-20)17-7-5-4-6-8-17/h4-16,22H,3H2,1-2H3,(H,24,25). The Morgan fingerprint density at radius 3 is 1.96 bits per heavy atom. The fourth-order valence-corrected chi connectivity index (χ4v) is 3.69. The molecule has 0 spiro atoms. The van der Waals surface area contributed by atoms with Crippen molar-refractivity contribution in [1.82, 2.24) is 5.32 Å². The Balaban J connectivity index is 1.73. The van der Waals surface area contributed by atoms with Gasteiger partial charge in [0.25, 0.3) is 5.91 Å². The highest BCUT2D eigenvalue weighted by Gasteiger charge is 2.15. The molecule has 1 atom stereocenters. The summed E-state index contributed by atoms with van der Waals surface area (Å²) in [6.45, 7) is 1.98. The van der Waals surface area contributed by atoms with Crippen LogP contribution in [0.3, 0.4) is 0 Å². The summed E-state index contributed by atoms with van der Waals surface area (Å²) >= 11 is 0. The first-order valence-corrected chi connectivity index (χ1v) is 11.0. The monoisotopic (exact) mass is 393 g/mol. The first kappa shape index (κ1) is 19.8. The molecule has 4 nitrogen and oxygen atoms in total. The van der Waals surface area contributed by atoms with Gasteiger partial charge in [0.15, 0.2) is 9.84 Å². The molecule has 0 fully saturated rings. The van der Waals surface area contributed by atoms with E-state index in [4.69, 9.17) is 0 Å². The maximum atomic E-state index is 12.7. The van der Waals surface area contributed by atoms with E-state index in [2.05, 4.69) is 5.32 Å². The van der Waals surface area contributed by atoms with Crippen molar-refractivity contribution < 1.29 is 13.2 Å². The van der Waals surface area contributed by atoms with Crippen LogP contribution in [-0.2, 0) is 9.84 Å². The largest absolute Gasteiger partial charge is 0.345 e. The minimum atomic E-state index is -3.23. The lowest BCUT2D eigenvalue weighted by Gasteiger charge is -2.18. The van der Waals surface area contributed by atoms with Crippen molar-refractivity contribution >= 4 is 15.7 Å². The number of benzene rings is 3. The Labute approximate surface area is 166 Å². The molecule has 0 aromatic heterocycles. The van der Waals surface area contributed by atoms with Crippen molar-refractivity contribution in [3.05, 3.63) is 90.0 Å². The van der Waals surface area contributed by atoms with E-state index in [1.165, 1.54) is 6.26 Å². The molecule has 0 bridgehead atoms. The summed E-state index contributed by atoms with van der Waals surface area (Å²) in [6, 6.07) is 24.0. The van der Waals surface area contributed by atoms with Gasteiger partial charge in [-0.1, -0.05) is 61.5 Å². The predicted molar refractivity (Wildman–Crippen MR) is 112 cm³/mol. The van der Waals surface area contributed by atoms with Crippen molar-refractivity contribution in [2.24, 2.45) is 0 Å². The average Bonchev–Trinajstić information content (AvgIpc) is 2.72. The summed E-state index contributed by atoms with van der Waals surface area (Å²) in [7, 11) is -3.23. The van der Waals surface area contributed by atoms with Crippen LogP contribution in [0.25, 0.3) is 11.1 Å². The third-order valence-electron chi connectivity index (χ3n) is 4.68. The van der Waals surface area contributed by atoms with Gasteiger partial charge in [-0.05, 0) is 47.4 Å². The zero-order valence-corrected chi connectivity index (χ0v) is 16.7. The number of hydrogen-bond acceptors (Lipinski definition) is 3. The van der Waals surface area contributed by atoms with E-state index in [0.717, 1.165) is 16.7 Å². The predicted octanol–water partition coefficient (Wildman–Crippen LogP) is 4.64. The van der Waals surface area contributed by atoms with Crippen molar-refractivity contribution in [3.63, 3.8) is 0 Å². The number of nitrogens with one attached hydrogen (secondary N) is 1. The van der Waals surface area contributed by atoms with Crippen LogP contribution in [0.2, 0.25) is 0 Å². The van der Waals surface area contributed by atoms with Crippen molar-refractivity contribution in [2.75, 3.05) is 6.26 Å². The van der Waals surface area contributed by atoms with Gasteiger partial charge >= 0.3 is 0 Å². The van der Waals surface area contributed by atoms with Gasteiger partial charge in [0.1, 0.15) is 0 Å². The minimum absolute atomic E-state index is 0.154.